The number of thioether (sulfide) groups is 1. The first-order valence-corrected chi connectivity index (χ1v) is 5.69. The highest BCUT2D eigenvalue weighted by Crippen LogP contribution is 2.28. The summed E-state index contributed by atoms with van der Waals surface area (Å²) >= 11 is 13.1. The van der Waals surface area contributed by atoms with Crippen molar-refractivity contribution in [1.29, 1.82) is 0 Å². The van der Waals surface area contributed by atoms with E-state index >= 15 is 0 Å². The van der Waals surface area contributed by atoms with E-state index in [1.54, 1.807) is 0 Å². The Balaban J connectivity index is 2.65. The third-order valence-electron chi connectivity index (χ3n) is 1.57. The van der Waals surface area contributed by atoms with E-state index in [-0.39, 0.29) is 0 Å². The molecule has 0 amide bonds. The Kier molecular flexibility index (Phi) is 4.43. The maximum Gasteiger partial charge on any atom is 0.0410 e. The van der Waals surface area contributed by atoms with E-state index in [0.29, 0.717) is 11.8 Å². The average molecular weight is 209 g/mol. The van der Waals surface area contributed by atoms with Crippen molar-refractivity contribution in [3.05, 3.63) is 23.3 Å². The van der Waals surface area contributed by atoms with Crippen molar-refractivity contribution in [1.82, 2.24) is 0 Å². The maximum atomic E-state index is 5.60. The molecular weight excluding hydrogens is 199 g/mol. The second kappa shape index (κ2) is 5.13. The van der Waals surface area contributed by atoms with E-state index in [0.717, 1.165) is 11.5 Å². The van der Waals surface area contributed by atoms with Gasteiger partial charge in [-0.15, -0.1) is 23.2 Å². The maximum absolute atomic E-state index is 5.60. The summed E-state index contributed by atoms with van der Waals surface area (Å²) in [5.41, 5.74) is 2.73. The van der Waals surface area contributed by atoms with E-state index in [9.17, 15) is 0 Å². The van der Waals surface area contributed by atoms with Gasteiger partial charge in [-0.1, -0.05) is 12.2 Å². The van der Waals surface area contributed by atoms with Crippen molar-refractivity contribution in [3.63, 3.8) is 0 Å². The molecule has 11 heavy (non-hydrogen) atoms. The lowest BCUT2D eigenvalue weighted by Crippen LogP contribution is -1.86. The first-order chi connectivity index (χ1) is 5.38. The zero-order chi connectivity index (χ0) is 8.10. The molecule has 0 nitrogen and oxygen atoms in total. The molecule has 1 aliphatic rings. The molecule has 0 saturated carbocycles. The predicted molar refractivity (Wildman–Crippen MR) is 54.9 cm³/mol. The van der Waals surface area contributed by atoms with E-state index in [1.165, 1.54) is 11.1 Å². The molecule has 1 rings (SSSR count). The monoisotopic (exact) mass is 208 g/mol. The zero-order valence-corrected chi connectivity index (χ0v) is 8.48. The van der Waals surface area contributed by atoms with Gasteiger partial charge in [0.05, 0.1) is 0 Å². The van der Waals surface area contributed by atoms with Gasteiger partial charge in [0.2, 0.25) is 0 Å². The highest BCUT2D eigenvalue weighted by molar-refractivity contribution is 8.00. The first-order valence-electron chi connectivity index (χ1n) is 3.46. The lowest BCUT2D eigenvalue weighted by Gasteiger charge is -1.96. The zero-order valence-electron chi connectivity index (χ0n) is 6.15. The van der Waals surface area contributed by atoms with Crippen molar-refractivity contribution in [2.24, 2.45) is 0 Å². The molecule has 0 aromatic carbocycles. The molecule has 0 unspecified atom stereocenters. The van der Waals surface area contributed by atoms with E-state index in [1.807, 2.05) is 11.8 Å². The summed E-state index contributed by atoms with van der Waals surface area (Å²) in [5, 5.41) is 0. The third kappa shape index (κ3) is 2.73. The fourth-order valence-corrected chi connectivity index (χ4v) is 2.54. The van der Waals surface area contributed by atoms with Gasteiger partial charge in [-0.25, -0.2) is 0 Å². The fourth-order valence-electron chi connectivity index (χ4n) is 1.02. The summed E-state index contributed by atoms with van der Waals surface area (Å²) in [7, 11) is 0. The number of hydrogen-bond donors (Lipinski definition) is 0. The van der Waals surface area contributed by atoms with Crippen LogP contribution >= 0.6 is 35.0 Å². The van der Waals surface area contributed by atoms with Crippen molar-refractivity contribution < 1.29 is 0 Å². The Morgan fingerprint density at radius 2 is 1.55 bits per heavy atom. The molecular formula is C8H10Cl2S. The van der Waals surface area contributed by atoms with Crippen LogP contribution in [0.2, 0.25) is 0 Å². The summed E-state index contributed by atoms with van der Waals surface area (Å²) in [6.45, 7) is 0. The number of allylic oxidation sites excluding steroid dienone is 2. The molecule has 0 radical (unpaired) electrons. The molecule has 0 bridgehead atoms. The Morgan fingerprint density at radius 1 is 1.09 bits per heavy atom. The highest BCUT2D eigenvalue weighted by atomic mass is 35.5. The molecule has 3 heteroatoms. The normalized spacial score (nSPS) is 25.3. The average Bonchev–Trinajstić information content (AvgIpc) is 2.39. The summed E-state index contributed by atoms with van der Waals surface area (Å²) in [4.78, 5) is 0. The number of halogens is 2. The van der Waals surface area contributed by atoms with Crippen LogP contribution in [-0.4, -0.2) is 23.3 Å². The summed E-state index contributed by atoms with van der Waals surface area (Å²) in [6.07, 6.45) is 4.14. The molecule has 1 heterocycles. The van der Waals surface area contributed by atoms with Crippen LogP contribution in [0.3, 0.4) is 0 Å². The lowest BCUT2D eigenvalue weighted by molar-refractivity contribution is 1.39. The van der Waals surface area contributed by atoms with Gasteiger partial charge < -0.3 is 0 Å². The molecule has 1 aliphatic heterocycles. The van der Waals surface area contributed by atoms with Gasteiger partial charge >= 0.3 is 0 Å². The molecule has 0 aromatic heterocycles. The van der Waals surface area contributed by atoms with Crippen LogP contribution in [0.4, 0.5) is 0 Å². The minimum atomic E-state index is 0.607. The summed E-state index contributed by atoms with van der Waals surface area (Å²) in [5.74, 6) is 3.40. The fraction of sp³-hybridized carbons (Fsp3) is 0.500. The number of rotatable bonds is 2. The smallest absolute Gasteiger partial charge is 0.0410 e. The van der Waals surface area contributed by atoms with Gasteiger partial charge in [0.15, 0.2) is 0 Å². The standard InChI is InChI=1S/C8H10Cl2S/c9-3-1-7-5-11-6-8(7)2-4-10/h1-2H,3-6H2. The second-order valence-electron chi connectivity index (χ2n) is 2.26. The molecule has 1 fully saturated rings. The van der Waals surface area contributed by atoms with Crippen LogP contribution < -0.4 is 0 Å². The predicted octanol–water partition coefficient (Wildman–Crippen LogP) is 3.06. The number of hydrogen-bond acceptors (Lipinski definition) is 1. The number of alkyl halides is 2. The van der Waals surface area contributed by atoms with Gasteiger partial charge in [-0.05, 0) is 11.1 Å². The minimum absolute atomic E-state index is 0.607. The van der Waals surface area contributed by atoms with Gasteiger partial charge in [0.25, 0.3) is 0 Å². The van der Waals surface area contributed by atoms with Gasteiger partial charge in [-0.3, -0.25) is 0 Å². The van der Waals surface area contributed by atoms with Gasteiger partial charge in [0, 0.05) is 23.3 Å². The molecule has 1 saturated heterocycles. The Morgan fingerprint density at radius 3 is 1.91 bits per heavy atom. The largest absolute Gasteiger partial charge is 0.152 e. The second-order valence-corrected chi connectivity index (χ2v) is 3.86. The topological polar surface area (TPSA) is 0 Å². The molecule has 0 aromatic rings. The van der Waals surface area contributed by atoms with Crippen LogP contribution in [0, 0.1) is 0 Å². The van der Waals surface area contributed by atoms with Crippen molar-refractivity contribution in [2.75, 3.05) is 23.3 Å². The lowest BCUT2D eigenvalue weighted by atomic mass is 10.1. The van der Waals surface area contributed by atoms with Crippen LogP contribution in [0.15, 0.2) is 23.3 Å². The van der Waals surface area contributed by atoms with E-state index in [4.69, 9.17) is 23.2 Å². The van der Waals surface area contributed by atoms with Crippen molar-refractivity contribution >= 4 is 35.0 Å². The SMILES string of the molecule is ClCC=C1CSCC1=CCCl. The Bertz CT molecular complexity index is 165. The van der Waals surface area contributed by atoms with Crippen LogP contribution in [-0.2, 0) is 0 Å². The third-order valence-corrected chi connectivity index (χ3v) is 2.91. The van der Waals surface area contributed by atoms with Crippen LogP contribution in [0.25, 0.3) is 0 Å². The quantitative estimate of drug-likeness (QED) is 0.630. The highest BCUT2D eigenvalue weighted by Gasteiger charge is 2.12. The van der Waals surface area contributed by atoms with Crippen LogP contribution in [0.5, 0.6) is 0 Å². The minimum Gasteiger partial charge on any atom is -0.152 e. The molecule has 0 atom stereocenters. The van der Waals surface area contributed by atoms with E-state index in [2.05, 4.69) is 12.2 Å². The Hall–Kier alpha value is 0.410. The van der Waals surface area contributed by atoms with Crippen molar-refractivity contribution in [3.8, 4) is 0 Å². The Labute approximate surface area is 81.6 Å². The molecule has 0 aliphatic carbocycles. The van der Waals surface area contributed by atoms with E-state index < -0.39 is 0 Å². The summed E-state index contributed by atoms with van der Waals surface area (Å²) < 4.78 is 0. The molecule has 0 N–H and O–H groups in total. The van der Waals surface area contributed by atoms with Crippen molar-refractivity contribution in [2.45, 2.75) is 0 Å². The molecule has 0 spiro atoms. The van der Waals surface area contributed by atoms with Crippen LogP contribution in [0.1, 0.15) is 0 Å². The molecule has 62 valence electrons. The van der Waals surface area contributed by atoms with Gasteiger partial charge in [-0.2, -0.15) is 11.8 Å². The van der Waals surface area contributed by atoms with Gasteiger partial charge in [0.1, 0.15) is 0 Å². The summed E-state index contributed by atoms with van der Waals surface area (Å²) in [6, 6.07) is 0. The first kappa shape index (κ1) is 9.50.